The highest BCUT2D eigenvalue weighted by atomic mass is 35.5. The Labute approximate surface area is 221 Å². The number of aromatic nitrogens is 2. The number of benzene rings is 3. The number of rotatable bonds is 5. The molecule has 3 heterocycles. The molecule has 1 aliphatic carbocycles. The molecule has 0 spiro atoms. The summed E-state index contributed by atoms with van der Waals surface area (Å²) >= 11 is 6.42. The van der Waals surface area contributed by atoms with E-state index in [0.717, 1.165) is 77.2 Å². The first kappa shape index (κ1) is 23.9. The average Bonchev–Trinajstić information content (AvgIpc) is 2.92. The smallest absolute Gasteiger partial charge is 0.0883 e. The molecule has 1 unspecified atom stereocenters. The lowest BCUT2D eigenvalue weighted by atomic mass is 10.1. The van der Waals surface area contributed by atoms with Gasteiger partial charge in [0.1, 0.15) is 0 Å². The van der Waals surface area contributed by atoms with Crippen LogP contribution >= 0.6 is 11.6 Å². The molecular weight excluding hydrogens is 482 g/mol. The van der Waals surface area contributed by atoms with Gasteiger partial charge < -0.3 is 14.6 Å². The fourth-order valence-electron chi connectivity index (χ4n) is 4.98. The molecule has 6 rings (SSSR count). The second-order valence-electron chi connectivity index (χ2n) is 9.73. The number of nitrogens with one attached hydrogen (secondary N) is 1. The van der Waals surface area contributed by atoms with E-state index in [9.17, 15) is 0 Å². The van der Waals surface area contributed by atoms with Gasteiger partial charge in [0, 0.05) is 42.4 Å². The van der Waals surface area contributed by atoms with E-state index < -0.39 is 0 Å². The van der Waals surface area contributed by atoms with Gasteiger partial charge in [-0.1, -0.05) is 35.9 Å². The molecule has 1 saturated heterocycles. The SMILES string of the molecule is CC1CC=C(NCc2cc3nc4ccccc4n(-c4cccc(Cl)c4)c-3cc2=NC2CCOCC2)C=N1. The Morgan fingerprint density at radius 3 is 2.76 bits per heavy atom. The van der Waals surface area contributed by atoms with Crippen LogP contribution in [0.4, 0.5) is 0 Å². The van der Waals surface area contributed by atoms with E-state index in [1.165, 1.54) is 0 Å². The summed E-state index contributed by atoms with van der Waals surface area (Å²) in [6.07, 6.45) is 6.97. The highest BCUT2D eigenvalue weighted by molar-refractivity contribution is 6.30. The zero-order valence-electron chi connectivity index (χ0n) is 20.9. The van der Waals surface area contributed by atoms with Crippen LogP contribution in [-0.4, -0.2) is 41.1 Å². The molecule has 0 aromatic heterocycles. The number of aliphatic imine (C=N–C) groups is 1. The third-order valence-electron chi connectivity index (χ3n) is 6.99. The predicted octanol–water partition coefficient (Wildman–Crippen LogP) is 5.70. The third-order valence-corrected chi connectivity index (χ3v) is 7.22. The number of halogens is 1. The van der Waals surface area contributed by atoms with Gasteiger partial charge in [0.15, 0.2) is 0 Å². The summed E-state index contributed by atoms with van der Waals surface area (Å²) in [5, 5.41) is 5.25. The molecule has 7 heteroatoms. The molecule has 2 aromatic carbocycles. The van der Waals surface area contributed by atoms with Crippen LogP contribution in [0, 0.1) is 0 Å². The standard InChI is InChI=1S/C30H30ClN5O/c1-20-9-10-24(19-32-20)33-18-21-15-28-30(17-27(21)34-23-11-13-37-14-12-23)36(25-6-4-5-22(31)16-25)29-8-3-2-7-26(29)35-28/h2-8,10,15-17,19-20,23,33H,9,11-14,18H2,1H3. The first-order valence-corrected chi connectivity index (χ1v) is 13.3. The van der Waals surface area contributed by atoms with Crippen LogP contribution < -0.4 is 10.7 Å². The van der Waals surface area contributed by atoms with Gasteiger partial charge in [0.25, 0.3) is 0 Å². The van der Waals surface area contributed by atoms with Crippen molar-refractivity contribution in [1.29, 1.82) is 0 Å². The van der Waals surface area contributed by atoms with Gasteiger partial charge in [-0.25, -0.2) is 4.98 Å². The Kier molecular flexibility index (Phi) is 6.77. The molecule has 1 fully saturated rings. The Morgan fingerprint density at radius 1 is 1.08 bits per heavy atom. The van der Waals surface area contributed by atoms with Crippen molar-refractivity contribution in [3.8, 4) is 17.1 Å². The first-order chi connectivity index (χ1) is 18.1. The number of fused-ring (bicyclic) bond motifs is 2. The molecule has 3 aliphatic heterocycles. The van der Waals surface area contributed by atoms with Gasteiger partial charge in [0.2, 0.25) is 0 Å². The first-order valence-electron chi connectivity index (χ1n) is 12.9. The summed E-state index contributed by atoms with van der Waals surface area (Å²) in [5.74, 6) is 0. The van der Waals surface area contributed by atoms with E-state index >= 15 is 0 Å². The van der Waals surface area contributed by atoms with Crippen LogP contribution in [0.15, 0.2) is 82.4 Å². The number of hydrogen-bond donors (Lipinski definition) is 1. The number of ether oxygens (including phenoxy) is 1. The molecule has 4 aliphatic rings. The van der Waals surface area contributed by atoms with Crippen LogP contribution in [0.1, 0.15) is 31.7 Å². The van der Waals surface area contributed by atoms with Gasteiger partial charge in [-0.3, -0.25) is 9.98 Å². The van der Waals surface area contributed by atoms with E-state index in [0.29, 0.717) is 17.6 Å². The van der Waals surface area contributed by atoms with Crippen molar-refractivity contribution in [2.45, 2.75) is 44.8 Å². The lowest BCUT2D eigenvalue weighted by Crippen LogP contribution is -2.26. The Balaban J connectivity index is 1.53. The van der Waals surface area contributed by atoms with Crippen LogP contribution in [-0.2, 0) is 11.3 Å². The van der Waals surface area contributed by atoms with Crippen molar-refractivity contribution in [1.82, 2.24) is 14.9 Å². The third kappa shape index (κ3) is 5.17. The highest BCUT2D eigenvalue weighted by Crippen LogP contribution is 2.30. The number of allylic oxidation sites excluding steroid dienone is 1. The summed E-state index contributed by atoms with van der Waals surface area (Å²) in [6.45, 7) is 4.29. The van der Waals surface area contributed by atoms with Crippen LogP contribution in [0.25, 0.3) is 28.1 Å². The number of nitrogens with zero attached hydrogens (tertiary/aromatic N) is 4. The van der Waals surface area contributed by atoms with Crippen molar-refractivity contribution < 1.29 is 4.74 Å². The van der Waals surface area contributed by atoms with Crippen molar-refractivity contribution in [2.24, 2.45) is 9.98 Å². The van der Waals surface area contributed by atoms with E-state index in [1.54, 1.807) is 0 Å². The summed E-state index contributed by atoms with van der Waals surface area (Å²) in [6, 6.07) is 21.1. The average molecular weight is 512 g/mol. The summed E-state index contributed by atoms with van der Waals surface area (Å²) in [4.78, 5) is 14.8. The quantitative estimate of drug-likeness (QED) is 0.349. The molecule has 188 valence electrons. The Hall–Kier alpha value is -3.48. The maximum Gasteiger partial charge on any atom is 0.0883 e. The van der Waals surface area contributed by atoms with E-state index in [-0.39, 0.29) is 6.04 Å². The van der Waals surface area contributed by atoms with Crippen molar-refractivity contribution >= 4 is 28.8 Å². The van der Waals surface area contributed by atoms with Gasteiger partial charge in [0.05, 0.1) is 39.9 Å². The fraction of sp³-hybridized carbons (Fsp3) is 0.300. The number of hydrogen-bond acceptors (Lipinski definition) is 5. The lowest BCUT2D eigenvalue weighted by Gasteiger charge is -2.22. The molecule has 1 atom stereocenters. The maximum atomic E-state index is 6.42. The zero-order valence-corrected chi connectivity index (χ0v) is 21.7. The van der Waals surface area contributed by atoms with E-state index in [2.05, 4.69) is 58.2 Å². The second-order valence-corrected chi connectivity index (χ2v) is 10.2. The largest absolute Gasteiger partial charge is 0.381 e. The Bertz CT molecular complexity index is 1530. The lowest BCUT2D eigenvalue weighted by molar-refractivity contribution is 0.0863. The predicted molar refractivity (Wildman–Crippen MR) is 150 cm³/mol. The molecule has 0 amide bonds. The molecule has 1 N–H and O–H groups in total. The van der Waals surface area contributed by atoms with Gasteiger partial charge >= 0.3 is 0 Å². The van der Waals surface area contributed by atoms with E-state index in [4.69, 9.17) is 26.3 Å². The number of para-hydroxylation sites is 2. The molecule has 0 bridgehead atoms. The summed E-state index contributed by atoms with van der Waals surface area (Å²) in [5.41, 5.74) is 7.04. The van der Waals surface area contributed by atoms with Crippen LogP contribution in [0.5, 0.6) is 0 Å². The van der Waals surface area contributed by atoms with Crippen LogP contribution in [0.2, 0.25) is 5.02 Å². The van der Waals surface area contributed by atoms with Crippen molar-refractivity contribution in [3.05, 3.63) is 88.4 Å². The normalized spacial score (nSPS) is 18.9. The second kappa shape index (κ2) is 10.5. The van der Waals surface area contributed by atoms with Crippen LogP contribution in [0.3, 0.4) is 0 Å². The monoisotopic (exact) mass is 511 g/mol. The van der Waals surface area contributed by atoms with Crippen molar-refractivity contribution in [3.63, 3.8) is 0 Å². The highest BCUT2D eigenvalue weighted by Gasteiger charge is 2.18. The minimum Gasteiger partial charge on any atom is -0.381 e. The van der Waals surface area contributed by atoms with E-state index in [1.807, 2.05) is 36.5 Å². The minimum absolute atomic E-state index is 0.245. The fourth-order valence-corrected chi connectivity index (χ4v) is 5.17. The molecule has 2 aromatic rings. The summed E-state index contributed by atoms with van der Waals surface area (Å²) in [7, 11) is 0. The minimum atomic E-state index is 0.245. The topological polar surface area (TPSA) is 63.8 Å². The Morgan fingerprint density at radius 2 is 1.95 bits per heavy atom. The molecule has 6 nitrogen and oxygen atoms in total. The number of dihydropyridines is 1. The van der Waals surface area contributed by atoms with Gasteiger partial charge in [-0.15, -0.1) is 0 Å². The molecule has 0 saturated carbocycles. The molecule has 37 heavy (non-hydrogen) atoms. The maximum absolute atomic E-state index is 6.42. The molecule has 0 radical (unpaired) electrons. The zero-order chi connectivity index (χ0) is 25.2. The van der Waals surface area contributed by atoms with Gasteiger partial charge in [-0.05, 0) is 74.2 Å². The molecular formula is C30H30ClN5O. The van der Waals surface area contributed by atoms with Gasteiger partial charge in [-0.2, -0.15) is 0 Å². The van der Waals surface area contributed by atoms with Crippen molar-refractivity contribution in [2.75, 3.05) is 13.2 Å². The summed E-state index contributed by atoms with van der Waals surface area (Å²) < 4.78 is 7.83.